The summed E-state index contributed by atoms with van der Waals surface area (Å²) in [5.41, 5.74) is 2.51. The molecule has 2 saturated heterocycles. The molecule has 136 valence electrons. The van der Waals surface area contributed by atoms with Gasteiger partial charge >= 0.3 is 0 Å². The standard InChI is InChI=1S/C18H25N3O4/c1-10-16(11(2)19-17(10)12(3)22)18(24)20-7-13-5-6-21(14(13)8-20)15(23)9-25-4/h13-14,19H,5-9H2,1-4H3/t13-,14+/m0/s1. The summed E-state index contributed by atoms with van der Waals surface area (Å²) in [6.07, 6.45) is 0.910. The van der Waals surface area contributed by atoms with Gasteiger partial charge in [-0.3, -0.25) is 14.4 Å². The van der Waals surface area contributed by atoms with Crippen molar-refractivity contribution in [2.75, 3.05) is 33.4 Å². The lowest BCUT2D eigenvalue weighted by Gasteiger charge is -2.25. The van der Waals surface area contributed by atoms with Crippen LogP contribution in [0.25, 0.3) is 0 Å². The Morgan fingerprint density at radius 1 is 1.24 bits per heavy atom. The maximum absolute atomic E-state index is 13.0. The van der Waals surface area contributed by atoms with E-state index in [1.54, 1.807) is 6.92 Å². The predicted octanol–water partition coefficient (Wildman–Crippen LogP) is 1.15. The molecule has 0 spiro atoms. The van der Waals surface area contributed by atoms with E-state index in [1.807, 2.05) is 16.7 Å². The van der Waals surface area contributed by atoms with Crippen molar-refractivity contribution in [3.05, 3.63) is 22.5 Å². The normalized spacial score (nSPS) is 22.4. The first-order chi connectivity index (χ1) is 11.8. The highest BCUT2D eigenvalue weighted by Gasteiger charge is 2.45. The third kappa shape index (κ3) is 2.97. The Labute approximate surface area is 147 Å². The number of hydrogen-bond donors (Lipinski definition) is 1. The number of carbonyl (C=O) groups is 3. The number of aromatic nitrogens is 1. The molecule has 3 rings (SSSR count). The van der Waals surface area contributed by atoms with Crippen molar-refractivity contribution in [1.29, 1.82) is 0 Å². The smallest absolute Gasteiger partial charge is 0.256 e. The zero-order valence-corrected chi connectivity index (χ0v) is 15.2. The van der Waals surface area contributed by atoms with Gasteiger partial charge in [-0.25, -0.2) is 0 Å². The second kappa shape index (κ2) is 6.63. The van der Waals surface area contributed by atoms with Crippen molar-refractivity contribution in [1.82, 2.24) is 14.8 Å². The largest absolute Gasteiger partial charge is 0.375 e. The van der Waals surface area contributed by atoms with Crippen LogP contribution in [0, 0.1) is 19.8 Å². The molecule has 7 heteroatoms. The van der Waals surface area contributed by atoms with Gasteiger partial charge in [0.05, 0.1) is 17.3 Å². The van der Waals surface area contributed by atoms with Crippen molar-refractivity contribution in [2.24, 2.45) is 5.92 Å². The zero-order chi connectivity index (χ0) is 18.3. The number of carbonyl (C=O) groups excluding carboxylic acids is 3. The van der Waals surface area contributed by atoms with E-state index < -0.39 is 0 Å². The molecule has 2 aliphatic rings. The van der Waals surface area contributed by atoms with Crippen LogP contribution in [0.15, 0.2) is 0 Å². The van der Waals surface area contributed by atoms with E-state index in [4.69, 9.17) is 4.74 Å². The quantitative estimate of drug-likeness (QED) is 0.829. The van der Waals surface area contributed by atoms with Gasteiger partial charge in [-0.2, -0.15) is 0 Å². The summed E-state index contributed by atoms with van der Waals surface area (Å²) in [7, 11) is 1.51. The lowest BCUT2D eigenvalue weighted by molar-refractivity contribution is -0.136. The Hall–Kier alpha value is -2.15. The molecule has 0 aliphatic carbocycles. The van der Waals surface area contributed by atoms with Crippen LogP contribution in [0.2, 0.25) is 0 Å². The number of fused-ring (bicyclic) bond motifs is 1. The van der Waals surface area contributed by atoms with E-state index in [9.17, 15) is 14.4 Å². The van der Waals surface area contributed by atoms with Gasteiger partial charge in [-0.05, 0) is 25.8 Å². The van der Waals surface area contributed by atoms with Crippen molar-refractivity contribution >= 4 is 17.6 Å². The van der Waals surface area contributed by atoms with Crippen LogP contribution in [0.3, 0.4) is 0 Å². The van der Waals surface area contributed by atoms with Crippen molar-refractivity contribution in [3.63, 3.8) is 0 Å². The second-order valence-electron chi connectivity index (χ2n) is 7.03. The SMILES string of the molecule is COCC(=O)N1CC[C@H]2CN(C(=O)c3c(C)[nH]c(C(C)=O)c3C)C[C@H]21. The van der Waals surface area contributed by atoms with E-state index >= 15 is 0 Å². The first-order valence-corrected chi connectivity index (χ1v) is 8.63. The van der Waals surface area contributed by atoms with Gasteiger partial charge in [-0.1, -0.05) is 0 Å². The monoisotopic (exact) mass is 347 g/mol. The molecule has 3 heterocycles. The fourth-order valence-electron chi connectivity index (χ4n) is 4.22. The topological polar surface area (TPSA) is 82.7 Å². The maximum Gasteiger partial charge on any atom is 0.256 e. The molecule has 1 aromatic rings. The van der Waals surface area contributed by atoms with Crippen LogP contribution in [-0.4, -0.2) is 71.8 Å². The van der Waals surface area contributed by atoms with Gasteiger partial charge in [0.2, 0.25) is 5.91 Å². The van der Waals surface area contributed by atoms with Crippen LogP contribution < -0.4 is 0 Å². The minimum Gasteiger partial charge on any atom is -0.375 e. The van der Waals surface area contributed by atoms with Crippen LogP contribution in [0.4, 0.5) is 0 Å². The third-order valence-corrected chi connectivity index (χ3v) is 5.43. The number of H-pyrrole nitrogens is 1. The maximum atomic E-state index is 13.0. The summed E-state index contributed by atoms with van der Waals surface area (Å²) < 4.78 is 4.96. The Kier molecular flexibility index (Phi) is 4.69. The van der Waals surface area contributed by atoms with Gasteiger partial charge in [0.25, 0.3) is 5.91 Å². The fourth-order valence-corrected chi connectivity index (χ4v) is 4.22. The number of methoxy groups -OCH3 is 1. The average Bonchev–Trinajstić information content (AvgIpc) is 3.19. The Morgan fingerprint density at radius 3 is 2.56 bits per heavy atom. The number of rotatable bonds is 4. The van der Waals surface area contributed by atoms with E-state index in [0.717, 1.165) is 18.7 Å². The minimum absolute atomic E-state index is 0.0165. The molecule has 0 saturated carbocycles. The van der Waals surface area contributed by atoms with E-state index in [1.165, 1.54) is 14.0 Å². The fraction of sp³-hybridized carbons (Fsp3) is 0.611. The summed E-state index contributed by atoms with van der Waals surface area (Å²) in [5, 5.41) is 0. The average molecular weight is 347 g/mol. The van der Waals surface area contributed by atoms with Gasteiger partial charge in [0.15, 0.2) is 5.78 Å². The van der Waals surface area contributed by atoms with E-state index in [2.05, 4.69) is 4.98 Å². The van der Waals surface area contributed by atoms with Crippen LogP contribution in [0.1, 0.15) is 45.4 Å². The molecule has 1 N–H and O–H groups in total. The summed E-state index contributed by atoms with van der Waals surface area (Å²) in [6.45, 7) is 7.12. The number of amides is 2. The molecule has 2 amide bonds. The van der Waals surface area contributed by atoms with Crippen molar-refractivity contribution < 1.29 is 19.1 Å². The molecule has 0 bridgehead atoms. The van der Waals surface area contributed by atoms with Gasteiger partial charge in [0, 0.05) is 45.3 Å². The van der Waals surface area contributed by atoms with Gasteiger partial charge in [0.1, 0.15) is 6.61 Å². The summed E-state index contributed by atoms with van der Waals surface area (Å²) >= 11 is 0. The number of ketones is 1. The van der Waals surface area contributed by atoms with Crippen molar-refractivity contribution in [2.45, 2.75) is 33.2 Å². The number of aromatic amines is 1. The second-order valence-corrected chi connectivity index (χ2v) is 7.03. The number of nitrogens with one attached hydrogen (secondary N) is 1. The molecule has 2 atom stereocenters. The van der Waals surface area contributed by atoms with Gasteiger partial charge < -0.3 is 19.5 Å². The molecular formula is C18H25N3O4. The third-order valence-electron chi connectivity index (χ3n) is 5.43. The van der Waals surface area contributed by atoms with Crippen LogP contribution in [-0.2, 0) is 9.53 Å². The highest BCUT2D eigenvalue weighted by atomic mass is 16.5. The zero-order valence-electron chi connectivity index (χ0n) is 15.2. The first-order valence-electron chi connectivity index (χ1n) is 8.63. The minimum atomic E-state index is -0.0747. The summed E-state index contributed by atoms with van der Waals surface area (Å²) in [5.74, 6) is 0.162. The number of likely N-dealkylation sites (tertiary alicyclic amines) is 2. The Balaban J connectivity index is 1.78. The molecule has 2 aliphatic heterocycles. The molecule has 0 unspecified atom stereocenters. The van der Waals surface area contributed by atoms with Crippen LogP contribution in [0.5, 0.6) is 0 Å². The number of hydrogen-bond acceptors (Lipinski definition) is 4. The number of aryl methyl sites for hydroxylation is 1. The molecule has 7 nitrogen and oxygen atoms in total. The molecule has 0 aromatic carbocycles. The van der Waals surface area contributed by atoms with E-state index in [0.29, 0.717) is 35.8 Å². The van der Waals surface area contributed by atoms with Gasteiger partial charge in [-0.15, -0.1) is 0 Å². The molecule has 25 heavy (non-hydrogen) atoms. The number of ether oxygens (including phenoxy) is 1. The molecule has 0 radical (unpaired) electrons. The van der Waals surface area contributed by atoms with E-state index in [-0.39, 0.29) is 30.2 Å². The van der Waals surface area contributed by atoms with Crippen molar-refractivity contribution in [3.8, 4) is 0 Å². The highest BCUT2D eigenvalue weighted by Crippen LogP contribution is 2.33. The lowest BCUT2D eigenvalue weighted by Crippen LogP contribution is -2.42. The number of nitrogens with zero attached hydrogens (tertiary/aromatic N) is 2. The Bertz CT molecular complexity index is 724. The lowest BCUT2D eigenvalue weighted by atomic mass is 10.1. The van der Waals surface area contributed by atoms with Crippen LogP contribution >= 0.6 is 0 Å². The molecule has 2 fully saturated rings. The summed E-state index contributed by atoms with van der Waals surface area (Å²) in [4.78, 5) is 43.6. The predicted molar refractivity (Wildman–Crippen MR) is 91.7 cm³/mol. The highest BCUT2D eigenvalue weighted by molar-refractivity contribution is 6.02. The Morgan fingerprint density at radius 2 is 1.96 bits per heavy atom. The molecular weight excluding hydrogens is 322 g/mol. The number of Topliss-reactive ketones (excluding diaryl/α,β-unsaturated/α-hetero) is 1. The summed E-state index contributed by atoms with van der Waals surface area (Å²) in [6, 6.07) is 0.0680. The first kappa shape index (κ1) is 17.7. The molecule has 1 aromatic heterocycles.